The molecule has 0 fully saturated rings. The number of rotatable bonds is 3. The monoisotopic (exact) mass is 328 g/mol. The molecule has 1 heterocycles. The summed E-state index contributed by atoms with van der Waals surface area (Å²) in [5.41, 5.74) is 2.41. The molecule has 7 heteroatoms. The third-order valence-corrected chi connectivity index (χ3v) is 3.46. The van der Waals surface area contributed by atoms with Gasteiger partial charge in [-0.05, 0) is 44.3 Å². The first-order valence-corrected chi connectivity index (χ1v) is 7.23. The number of aromatic nitrogens is 2. The van der Waals surface area contributed by atoms with Crippen LogP contribution in [-0.4, -0.2) is 14.9 Å². The summed E-state index contributed by atoms with van der Waals surface area (Å²) in [7, 11) is 0. The Morgan fingerprint density at radius 3 is 2.65 bits per heavy atom. The van der Waals surface area contributed by atoms with Crippen molar-refractivity contribution in [2.75, 3.05) is 10.6 Å². The summed E-state index contributed by atoms with van der Waals surface area (Å²) in [5, 5.41) is 12.0. The van der Waals surface area contributed by atoms with Crippen molar-refractivity contribution in [3.05, 3.63) is 40.1 Å². The van der Waals surface area contributed by atoms with Crippen LogP contribution in [0.25, 0.3) is 0 Å². The summed E-state index contributed by atoms with van der Waals surface area (Å²) >= 11 is 17.3. The summed E-state index contributed by atoms with van der Waals surface area (Å²) in [6.45, 7) is 4.75. The molecule has 2 aromatic rings. The van der Waals surface area contributed by atoms with E-state index in [0.29, 0.717) is 20.8 Å². The quantitative estimate of drug-likeness (QED) is 0.823. The van der Waals surface area contributed by atoms with E-state index < -0.39 is 0 Å². The molecular weight excluding hydrogens is 315 g/mol. The number of aryl methyl sites for hydroxylation is 2. The summed E-state index contributed by atoms with van der Waals surface area (Å²) in [5.74, 6) is 0. The minimum Gasteiger partial charge on any atom is -0.331 e. The predicted molar refractivity (Wildman–Crippen MR) is 88.9 cm³/mol. The molecule has 0 amide bonds. The zero-order valence-electron chi connectivity index (χ0n) is 11.1. The van der Waals surface area contributed by atoms with Crippen molar-refractivity contribution in [1.82, 2.24) is 9.78 Å². The number of hydrogen-bond acceptors (Lipinski definition) is 2. The van der Waals surface area contributed by atoms with Crippen LogP contribution in [0.15, 0.2) is 24.4 Å². The lowest BCUT2D eigenvalue weighted by Crippen LogP contribution is -2.19. The molecule has 2 rings (SSSR count). The fourth-order valence-electron chi connectivity index (χ4n) is 1.67. The third-order valence-electron chi connectivity index (χ3n) is 2.70. The van der Waals surface area contributed by atoms with Crippen molar-refractivity contribution < 1.29 is 0 Å². The van der Waals surface area contributed by atoms with E-state index in [4.69, 9.17) is 35.4 Å². The SMILES string of the molecule is CCn1cc(NC(=S)Nc2cc(Cl)ccc2Cl)c(C)n1. The fourth-order valence-corrected chi connectivity index (χ4v) is 2.23. The molecular formula is C13H14Cl2N4S. The lowest BCUT2D eigenvalue weighted by atomic mass is 10.3. The average Bonchev–Trinajstić information content (AvgIpc) is 2.74. The van der Waals surface area contributed by atoms with Crippen molar-refractivity contribution in [2.45, 2.75) is 20.4 Å². The van der Waals surface area contributed by atoms with Crippen LogP contribution in [0.3, 0.4) is 0 Å². The van der Waals surface area contributed by atoms with Gasteiger partial charge in [0.25, 0.3) is 0 Å². The van der Waals surface area contributed by atoms with Gasteiger partial charge in [0.1, 0.15) is 0 Å². The molecule has 0 saturated heterocycles. The number of hydrogen-bond donors (Lipinski definition) is 2. The second kappa shape index (κ2) is 6.43. The Morgan fingerprint density at radius 1 is 1.30 bits per heavy atom. The maximum atomic E-state index is 6.08. The maximum Gasteiger partial charge on any atom is 0.175 e. The van der Waals surface area contributed by atoms with E-state index in [2.05, 4.69) is 15.7 Å². The number of benzene rings is 1. The van der Waals surface area contributed by atoms with E-state index in [1.54, 1.807) is 18.2 Å². The van der Waals surface area contributed by atoms with Crippen molar-refractivity contribution in [3.63, 3.8) is 0 Å². The molecule has 1 aromatic carbocycles. The second-order valence-electron chi connectivity index (χ2n) is 4.19. The Bertz CT molecular complexity index is 639. The van der Waals surface area contributed by atoms with Crippen LogP contribution in [0, 0.1) is 6.92 Å². The van der Waals surface area contributed by atoms with Gasteiger partial charge in [0, 0.05) is 17.8 Å². The highest BCUT2D eigenvalue weighted by atomic mass is 35.5. The molecule has 1 aromatic heterocycles. The van der Waals surface area contributed by atoms with Crippen LogP contribution in [0.4, 0.5) is 11.4 Å². The highest BCUT2D eigenvalue weighted by Gasteiger charge is 2.08. The third kappa shape index (κ3) is 3.62. The first-order chi connectivity index (χ1) is 9.49. The number of thiocarbonyl (C=S) groups is 1. The van der Waals surface area contributed by atoms with Crippen LogP contribution < -0.4 is 10.6 Å². The Balaban J connectivity index is 2.08. The Hall–Kier alpha value is -1.30. The molecule has 0 aliphatic rings. The molecule has 2 N–H and O–H groups in total. The molecule has 106 valence electrons. The Kier molecular flexibility index (Phi) is 4.86. The maximum absolute atomic E-state index is 6.08. The van der Waals surface area contributed by atoms with E-state index in [-0.39, 0.29) is 0 Å². The minimum atomic E-state index is 0.438. The highest BCUT2D eigenvalue weighted by molar-refractivity contribution is 7.80. The zero-order chi connectivity index (χ0) is 14.7. The van der Waals surface area contributed by atoms with Gasteiger partial charge >= 0.3 is 0 Å². The van der Waals surface area contributed by atoms with Gasteiger partial charge < -0.3 is 10.6 Å². The largest absolute Gasteiger partial charge is 0.331 e. The lowest BCUT2D eigenvalue weighted by molar-refractivity contribution is 0.653. The van der Waals surface area contributed by atoms with Crippen molar-refractivity contribution in [1.29, 1.82) is 0 Å². The van der Waals surface area contributed by atoms with Crippen molar-refractivity contribution in [3.8, 4) is 0 Å². The first kappa shape index (κ1) is 15.1. The minimum absolute atomic E-state index is 0.438. The van der Waals surface area contributed by atoms with Gasteiger partial charge in [-0.25, -0.2) is 0 Å². The van der Waals surface area contributed by atoms with Gasteiger partial charge in [0.05, 0.1) is 22.1 Å². The molecule has 0 aliphatic carbocycles. The first-order valence-electron chi connectivity index (χ1n) is 6.06. The van der Waals surface area contributed by atoms with E-state index in [1.165, 1.54) is 0 Å². The summed E-state index contributed by atoms with van der Waals surface area (Å²) in [6.07, 6.45) is 1.91. The second-order valence-corrected chi connectivity index (χ2v) is 5.44. The van der Waals surface area contributed by atoms with Gasteiger partial charge in [0.15, 0.2) is 5.11 Å². The summed E-state index contributed by atoms with van der Waals surface area (Å²) in [6, 6.07) is 5.16. The highest BCUT2D eigenvalue weighted by Crippen LogP contribution is 2.25. The summed E-state index contributed by atoms with van der Waals surface area (Å²) < 4.78 is 1.84. The van der Waals surface area contributed by atoms with Crippen LogP contribution in [-0.2, 0) is 6.54 Å². The van der Waals surface area contributed by atoms with Gasteiger partial charge in [-0.1, -0.05) is 23.2 Å². The summed E-state index contributed by atoms with van der Waals surface area (Å²) in [4.78, 5) is 0. The smallest absolute Gasteiger partial charge is 0.175 e. The number of nitrogens with zero attached hydrogens (tertiary/aromatic N) is 2. The van der Waals surface area contributed by atoms with E-state index in [1.807, 2.05) is 24.7 Å². The fraction of sp³-hybridized carbons (Fsp3) is 0.231. The van der Waals surface area contributed by atoms with Crippen LogP contribution in [0.1, 0.15) is 12.6 Å². The van der Waals surface area contributed by atoms with Gasteiger partial charge in [-0.3, -0.25) is 4.68 Å². The number of nitrogens with one attached hydrogen (secondary N) is 2. The van der Waals surface area contributed by atoms with Crippen LogP contribution >= 0.6 is 35.4 Å². The lowest BCUT2D eigenvalue weighted by Gasteiger charge is -2.11. The van der Waals surface area contributed by atoms with Crippen LogP contribution in [0.5, 0.6) is 0 Å². The number of anilines is 2. The molecule has 0 atom stereocenters. The molecule has 0 unspecified atom stereocenters. The van der Waals surface area contributed by atoms with Crippen molar-refractivity contribution in [2.24, 2.45) is 0 Å². The zero-order valence-corrected chi connectivity index (χ0v) is 13.4. The number of halogens is 2. The van der Waals surface area contributed by atoms with Gasteiger partial charge in [-0.15, -0.1) is 0 Å². The van der Waals surface area contributed by atoms with E-state index in [9.17, 15) is 0 Å². The molecule has 0 aliphatic heterocycles. The topological polar surface area (TPSA) is 41.9 Å². The van der Waals surface area contributed by atoms with Crippen LogP contribution in [0.2, 0.25) is 10.0 Å². The van der Waals surface area contributed by atoms with Crippen molar-refractivity contribution >= 4 is 51.9 Å². The predicted octanol–water partition coefficient (Wildman–Crippen LogP) is 4.33. The molecule has 0 saturated carbocycles. The van der Waals surface area contributed by atoms with Gasteiger partial charge in [-0.2, -0.15) is 5.10 Å². The molecule has 0 bridgehead atoms. The molecule has 4 nitrogen and oxygen atoms in total. The molecule has 0 spiro atoms. The van der Waals surface area contributed by atoms with Gasteiger partial charge in [0.2, 0.25) is 0 Å². The Morgan fingerprint density at radius 2 is 2.00 bits per heavy atom. The Labute approximate surface area is 133 Å². The standard InChI is InChI=1S/C13H14Cl2N4S/c1-3-19-7-12(8(2)18-19)17-13(20)16-11-6-9(14)4-5-10(11)15/h4-7H,3H2,1-2H3,(H2,16,17,20). The molecule has 20 heavy (non-hydrogen) atoms. The molecule has 0 radical (unpaired) electrons. The van der Waals surface area contributed by atoms with E-state index >= 15 is 0 Å². The normalized spacial score (nSPS) is 10.4. The van der Waals surface area contributed by atoms with E-state index in [0.717, 1.165) is 17.9 Å². The average molecular weight is 329 g/mol.